The van der Waals surface area contributed by atoms with Gasteiger partial charge in [-0.05, 0) is 24.3 Å². The van der Waals surface area contributed by atoms with Gasteiger partial charge in [0, 0.05) is 36.9 Å². The summed E-state index contributed by atoms with van der Waals surface area (Å²) in [6, 6.07) is 9.44. The average Bonchev–Trinajstić information content (AvgIpc) is 2.69. The van der Waals surface area contributed by atoms with E-state index in [1.165, 1.54) is 14.2 Å². The summed E-state index contributed by atoms with van der Waals surface area (Å²) in [4.78, 5) is 24.5. The average molecular weight is 393 g/mol. The molecule has 2 N–H and O–H groups in total. The lowest BCUT2D eigenvalue weighted by Gasteiger charge is -2.13. The number of ether oxygens (including phenoxy) is 3. The number of carbonyl (C=O) groups excluding carboxylic acids is 2. The highest BCUT2D eigenvalue weighted by atomic mass is 35.5. The fourth-order valence-corrected chi connectivity index (χ4v) is 2.53. The lowest BCUT2D eigenvalue weighted by atomic mass is 10.1. The van der Waals surface area contributed by atoms with Gasteiger partial charge in [-0.1, -0.05) is 11.6 Å². The molecule has 2 rings (SSSR count). The second-order valence-corrected chi connectivity index (χ2v) is 5.87. The molecule has 8 heteroatoms. The first-order valence-electron chi connectivity index (χ1n) is 8.10. The fraction of sp³-hybridized carbons (Fsp3) is 0.263. The van der Waals surface area contributed by atoms with Crippen LogP contribution in [0.3, 0.4) is 0 Å². The highest BCUT2D eigenvalue weighted by Crippen LogP contribution is 2.36. The van der Waals surface area contributed by atoms with Gasteiger partial charge in [-0.15, -0.1) is 0 Å². The van der Waals surface area contributed by atoms with E-state index in [-0.39, 0.29) is 11.8 Å². The van der Waals surface area contributed by atoms with Crippen molar-refractivity contribution in [3.8, 4) is 11.5 Å². The van der Waals surface area contributed by atoms with E-state index in [1.807, 2.05) is 0 Å². The third-order valence-electron chi connectivity index (χ3n) is 3.72. The smallest absolute Gasteiger partial charge is 0.255 e. The lowest BCUT2D eigenvalue weighted by Crippen LogP contribution is -2.27. The van der Waals surface area contributed by atoms with Crippen LogP contribution in [0, 0.1) is 0 Å². The van der Waals surface area contributed by atoms with Crippen molar-refractivity contribution in [1.29, 1.82) is 0 Å². The molecule has 27 heavy (non-hydrogen) atoms. The van der Waals surface area contributed by atoms with E-state index in [1.54, 1.807) is 43.5 Å². The Morgan fingerprint density at radius 2 is 1.52 bits per heavy atom. The van der Waals surface area contributed by atoms with Gasteiger partial charge < -0.3 is 24.8 Å². The molecule has 144 valence electrons. The lowest BCUT2D eigenvalue weighted by molar-refractivity contribution is 0.0935. The summed E-state index contributed by atoms with van der Waals surface area (Å²) >= 11 is 6.06. The Morgan fingerprint density at radius 3 is 2.07 bits per heavy atom. The normalized spacial score (nSPS) is 10.2. The van der Waals surface area contributed by atoms with Crippen molar-refractivity contribution in [2.24, 2.45) is 0 Å². The van der Waals surface area contributed by atoms with Crippen molar-refractivity contribution >= 4 is 29.1 Å². The molecule has 0 fully saturated rings. The van der Waals surface area contributed by atoms with E-state index in [2.05, 4.69) is 10.6 Å². The zero-order chi connectivity index (χ0) is 19.8. The number of anilines is 1. The molecular weight excluding hydrogens is 372 g/mol. The molecule has 7 nitrogen and oxygen atoms in total. The van der Waals surface area contributed by atoms with Crippen LogP contribution >= 0.6 is 11.6 Å². The van der Waals surface area contributed by atoms with Crippen LogP contribution in [0.25, 0.3) is 0 Å². The quantitative estimate of drug-likeness (QED) is 0.674. The van der Waals surface area contributed by atoms with Gasteiger partial charge >= 0.3 is 0 Å². The molecule has 0 aliphatic heterocycles. The molecule has 2 aromatic carbocycles. The second-order valence-electron chi connectivity index (χ2n) is 5.47. The number of carbonyl (C=O) groups is 2. The van der Waals surface area contributed by atoms with E-state index >= 15 is 0 Å². The van der Waals surface area contributed by atoms with Gasteiger partial charge in [0.2, 0.25) is 0 Å². The molecule has 0 aliphatic rings. The molecule has 0 radical (unpaired) electrons. The van der Waals surface area contributed by atoms with Crippen molar-refractivity contribution in [1.82, 2.24) is 5.32 Å². The Balaban J connectivity index is 2.11. The SMILES string of the molecule is COCCNC(=O)c1ccc(C(=O)Nc2cc(OC)c(Cl)cc2OC)cc1. The molecule has 0 unspecified atom stereocenters. The van der Waals surface area contributed by atoms with Crippen molar-refractivity contribution in [3.05, 3.63) is 52.5 Å². The summed E-state index contributed by atoms with van der Waals surface area (Å²) in [5.41, 5.74) is 1.26. The molecule has 2 amide bonds. The Hall–Kier alpha value is -2.77. The number of hydrogen-bond acceptors (Lipinski definition) is 5. The number of halogens is 1. The topological polar surface area (TPSA) is 85.9 Å². The van der Waals surface area contributed by atoms with Crippen molar-refractivity contribution < 1.29 is 23.8 Å². The van der Waals surface area contributed by atoms with Gasteiger partial charge in [0.05, 0.1) is 31.5 Å². The molecule has 0 saturated carbocycles. The van der Waals surface area contributed by atoms with Gasteiger partial charge in [0.1, 0.15) is 11.5 Å². The van der Waals surface area contributed by atoms with Gasteiger partial charge in [0.15, 0.2) is 0 Å². The molecule has 0 spiro atoms. The number of hydrogen-bond donors (Lipinski definition) is 2. The van der Waals surface area contributed by atoms with Gasteiger partial charge in [-0.3, -0.25) is 9.59 Å². The minimum absolute atomic E-state index is 0.233. The molecule has 0 atom stereocenters. The number of methoxy groups -OCH3 is 3. The van der Waals surface area contributed by atoms with E-state index in [9.17, 15) is 9.59 Å². The van der Waals surface area contributed by atoms with Gasteiger partial charge in [-0.25, -0.2) is 0 Å². The minimum Gasteiger partial charge on any atom is -0.495 e. The first kappa shape index (κ1) is 20.5. The summed E-state index contributed by atoms with van der Waals surface area (Å²) in [5, 5.41) is 5.84. The standard InChI is InChI=1S/C19H21ClN2O5/c1-25-9-8-21-18(23)12-4-6-13(7-5-12)19(24)22-15-11-16(26-2)14(20)10-17(15)27-3/h4-7,10-11H,8-9H2,1-3H3,(H,21,23)(H,22,24). The molecular formula is C19H21ClN2O5. The molecule has 0 heterocycles. The highest BCUT2D eigenvalue weighted by molar-refractivity contribution is 6.32. The van der Waals surface area contributed by atoms with E-state index in [0.29, 0.717) is 46.5 Å². The molecule has 0 saturated heterocycles. The number of rotatable bonds is 8. The fourth-order valence-electron chi connectivity index (χ4n) is 2.29. The van der Waals surface area contributed by atoms with Crippen LogP contribution in [-0.2, 0) is 4.74 Å². The van der Waals surface area contributed by atoms with Crippen LogP contribution < -0.4 is 20.1 Å². The monoisotopic (exact) mass is 392 g/mol. The van der Waals surface area contributed by atoms with Crippen LogP contribution in [-0.4, -0.2) is 46.3 Å². The predicted molar refractivity (Wildman–Crippen MR) is 103 cm³/mol. The Morgan fingerprint density at radius 1 is 0.926 bits per heavy atom. The van der Waals surface area contributed by atoms with Crippen LogP contribution in [0.4, 0.5) is 5.69 Å². The van der Waals surface area contributed by atoms with E-state index < -0.39 is 0 Å². The number of benzene rings is 2. The van der Waals surface area contributed by atoms with Crippen molar-refractivity contribution in [2.75, 3.05) is 39.8 Å². The first-order chi connectivity index (χ1) is 13.0. The molecule has 2 aromatic rings. The van der Waals surface area contributed by atoms with Crippen molar-refractivity contribution in [2.45, 2.75) is 0 Å². The predicted octanol–water partition coefficient (Wildman–Crippen LogP) is 2.99. The molecule has 0 bridgehead atoms. The van der Waals surface area contributed by atoms with Crippen LogP contribution in [0.15, 0.2) is 36.4 Å². The maximum Gasteiger partial charge on any atom is 0.255 e. The maximum atomic E-state index is 12.5. The van der Waals surface area contributed by atoms with Crippen LogP contribution in [0.5, 0.6) is 11.5 Å². The van der Waals surface area contributed by atoms with Gasteiger partial charge in [0.25, 0.3) is 11.8 Å². The first-order valence-corrected chi connectivity index (χ1v) is 8.48. The van der Waals surface area contributed by atoms with Crippen LogP contribution in [0.1, 0.15) is 20.7 Å². The Labute approximate surface area is 162 Å². The molecule has 0 aromatic heterocycles. The second kappa shape index (κ2) is 9.80. The zero-order valence-electron chi connectivity index (χ0n) is 15.3. The Kier molecular flexibility index (Phi) is 7.45. The van der Waals surface area contributed by atoms with E-state index in [0.717, 1.165) is 0 Å². The molecule has 0 aliphatic carbocycles. The Bertz CT molecular complexity index is 808. The third kappa shape index (κ3) is 5.35. The third-order valence-corrected chi connectivity index (χ3v) is 4.02. The largest absolute Gasteiger partial charge is 0.495 e. The number of nitrogens with one attached hydrogen (secondary N) is 2. The van der Waals surface area contributed by atoms with Crippen molar-refractivity contribution in [3.63, 3.8) is 0 Å². The van der Waals surface area contributed by atoms with Gasteiger partial charge in [-0.2, -0.15) is 0 Å². The summed E-state index contributed by atoms with van der Waals surface area (Å²) < 4.78 is 15.3. The highest BCUT2D eigenvalue weighted by Gasteiger charge is 2.14. The van der Waals surface area contributed by atoms with Crippen LogP contribution in [0.2, 0.25) is 5.02 Å². The van der Waals surface area contributed by atoms with E-state index in [4.69, 9.17) is 25.8 Å². The zero-order valence-corrected chi connectivity index (χ0v) is 16.1. The summed E-state index contributed by atoms with van der Waals surface area (Å²) in [6.45, 7) is 0.842. The summed E-state index contributed by atoms with van der Waals surface area (Å²) in [7, 11) is 4.52. The number of amides is 2. The summed E-state index contributed by atoms with van der Waals surface area (Å²) in [6.07, 6.45) is 0. The minimum atomic E-state index is -0.357. The maximum absolute atomic E-state index is 12.5. The summed E-state index contributed by atoms with van der Waals surface area (Å²) in [5.74, 6) is 0.228.